The van der Waals surface area contributed by atoms with E-state index in [1.54, 1.807) is 10.4 Å². The zero-order chi connectivity index (χ0) is 10.7. The maximum atomic E-state index is 2.46. The Kier molecular flexibility index (Phi) is 3.47. The molecule has 0 radical (unpaired) electrons. The average molecular weight is 220 g/mol. The molecule has 0 saturated carbocycles. The third-order valence-electron chi connectivity index (χ3n) is 2.99. The molecule has 0 aliphatic rings. The minimum absolute atomic E-state index is 1.26. The van der Waals surface area contributed by atoms with Crippen LogP contribution >= 0.6 is 0 Å². The van der Waals surface area contributed by atoms with E-state index >= 15 is 0 Å². The van der Waals surface area contributed by atoms with Crippen molar-refractivity contribution < 1.29 is 0 Å². The SMILES string of the molecule is C[Si]([Na])(c1ccccc1)c1ccccc1. The number of hydrogen-bond donors (Lipinski definition) is 0. The van der Waals surface area contributed by atoms with Gasteiger partial charge < -0.3 is 0 Å². The van der Waals surface area contributed by atoms with Crippen molar-refractivity contribution in [2.45, 2.75) is 6.55 Å². The number of benzene rings is 2. The third-order valence-corrected chi connectivity index (χ3v) is 10.0. The fraction of sp³-hybridized carbons (Fsp3) is 0.0769. The second kappa shape index (κ2) is 4.66. The average Bonchev–Trinajstić information content (AvgIpc) is 2.31. The van der Waals surface area contributed by atoms with Crippen LogP contribution in [-0.2, 0) is 0 Å². The molecular formula is C13H13NaSi. The fourth-order valence-corrected chi connectivity index (χ4v) is 6.26. The van der Waals surface area contributed by atoms with Gasteiger partial charge in [-0.05, 0) is 0 Å². The van der Waals surface area contributed by atoms with E-state index in [0.717, 1.165) is 0 Å². The van der Waals surface area contributed by atoms with Crippen LogP contribution in [0.2, 0.25) is 6.55 Å². The Hall–Kier alpha value is -0.343. The molecule has 2 rings (SSSR count). The van der Waals surface area contributed by atoms with Crippen LogP contribution < -0.4 is 10.4 Å². The van der Waals surface area contributed by atoms with Gasteiger partial charge in [-0.15, -0.1) is 0 Å². The van der Waals surface area contributed by atoms with Gasteiger partial charge in [-0.25, -0.2) is 0 Å². The van der Waals surface area contributed by atoms with E-state index < -0.39 is 4.63 Å². The monoisotopic (exact) mass is 220 g/mol. The Morgan fingerprint density at radius 3 is 1.40 bits per heavy atom. The van der Waals surface area contributed by atoms with Crippen molar-refractivity contribution in [2.75, 3.05) is 0 Å². The first-order chi connectivity index (χ1) is 7.21. The van der Waals surface area contributed by atoms with Gasteiger partial charge in [0.05, 0.1) is 0 Å². The molecule has 2 aromatic carbocycles. The van der Waals surface area contributed by atoms with Crippen LogP contribution in [0.1, 0.15) is 0 Å². The zero-order valence-corrected chi connectivity index (χ0v) is 12.3. The Morgan fingerprint density at radius 2 is 1.07 bits per heavy atom. The zero-order valence-electron chi connectivity index (χ0n) is 9.27. The maximum absolute atomic E-state index is 2.46. The molecule has 0 aliphatic carbocycles. The predicted octanol–water partition coefficient (Wildman–Crippen LogP) is 1.54. The second-order valence-corrected chi connectivity index (χ2v) is 14.8. The molecule has 0 aromatic heterocycles. The molecule has 0 spiro atoms. The summed E-state index contributed by atoms with van der Waals surface area (Å²) < 4.78 is -1.32. The summed E-state index contributed by atoms with van der Waals surface area (Å²) in [4.78, 5) is 0. The summed E-state index contributed by atoms with van der Waals surface area (Å²) in [5.41, 5.74) is 0. The first-order valence-corrected chi connectivity index (χ1v) is 11.3. The molecule has 0 bridgehead atoms. The minimum atomic E-state index is -1.32. The molecule has 70 valence electrons. The van der Waals surface area contributed by atoms with E-state index in [4.69, 9.17) is 0 Å². The van der Waals surface area contributed by atoms with Crippen molar-refractivity contribution in [1.29, 1.82) is 0 Å². The summed E-state index contributed by atoms with van der Waals surface area (Å²) in [7, 11) is 0. The van der Waals surface area contributed by atoms with Crippen molar-refractivity contribution in [2.24, 2.45) is 0 Å². The summed E-state index contributed by atoms with van der Waals surface area (Å²) in [6.07, 6.45) is 0. The van der Waals surface area contributed by atoms with Gasteiger partial charge in [0.25, 0.3) is 0 Å². The second-order valence-electron chi connectivity index (χ2n) is 4.36. The summed E-state index contributed by atoms with van der Waals surface area (Å²) in [6, 6.07) is 21.9. The van der Waals surface area contributed by atoms with Gasteiger partial charge in [-0.3, -0.25) is 0 Å². The van der Waals surface area contributed by atoms with E-state index in [-0.39, 0.29) is 0 Å². The molecular weight excluding hydrogens is 207 g/mol. The van der Waals surface area contributed by atoms with Crippen molar-refractivity contribution >= 4 is 42.0 Å². The normalized spacial score (nSPS) is 11.4. The van der Waals surface area contributed by atoms with Crippen LogP contribution in [0.4, 0.5) is 0 Å². The molecule has 0 N–H and O–H groups in total. The van der Waals surface area contributed by atoms with E-state index in [2.05, 4.69) is 67.2 Å². The molecule has 0 fully saturated rings. The van der Waals surface area contributed by atoms with Gasteiger partial charge in [0.2, 0.25) is 0 Å². The Balaban J connectivity index is 2.44. The molecule has 0 unspecified atom stereocenters. The van der Waals surface area contributed by atoms with E-state index in [9.17, 15) is 0 Å². The van der Waals surface area contributed by atoms with E-state index in [1.807, 2.05) is 0 Å². The van der Waals surface area contributed by atoms with Gasteiger partial charge in [-0.2, -0.15) is 0 Å². The van der Waals surface area contributed by atoms with E-state index in [0.29, 0.717) is 0 Å². The summed E-state index contributed by atoms with van der Waals surface area (Å²) in [6.45, 7) is 2.46. The predicted molar refractivity (Wildman–Crippen MR) is 69.5 cm³/mol. The molecule has 0 saturated heterocycles. The molecule has 0 amide bonds. The van der Waals surface area contributed by atoms with Crippen LogP contribution in [0, 0.1) is 0 Å². The van der Waals surface area contributed by atoms with E-state index in [1.165, 1.54) is 27.0 Å². The van der Waals surface area contributed by atoms with Crippen molar-refractivity contribution in [3.05, 3.63) is 60.7 Å². The summed E-state index contributed by atoms with van der Waals surface area (Å²) in [5, 5.41) is 3.12. The van der Waals surface area contributed by atoms with Gasteiger partial charge in [0.15, 0.2) is 0 Å². The topological polar surface area (TPSA) is 0 Å². The number of rotatable bonds is 2. The van der Waals surface area contributed by atoms with Crippen LogP contribution in [0.5, 0.6) is 0 Å². The van der Waals surface area contributed by atoms with Gasteiger partial charge in [0.1, 0.15) is 0 Å². The van der Waals surface area contributed by atoms with Crippen molar-refractivity contribution in [3.63, 3.8) is 0 Å². The Labute approximate surface area is 109 Å². The fourth-order valence-electron chi connectivity index (χ4n) is 1.88. The summed E-state index contributed by atoms with van der Waals surface area (Å²) >= 11 is 1.26. The van der Waals surface area contributed by atoms with Crippen molar-refractivity contribution in [1.82, 2.24) is 0 Å². The summed E-state index contributed by atoms with van der Waals surface area (Å²) in [5.74, 6) is 0. The molecule has 2 heteroatoms. The van der Waals surface area contributed by atoms with Crippen LogP contribution in [-0.4, -0.2) is 31.7 Å². The molecule has 0 heterocycles. The standard InChI is InChI=1S/C13H13Si.Na/c1-14(12-8-4-2-5-9-12)13-10-6-3-7-11-13;/h2-11H,1H3;. The van der Waals surface area contributed by atoms with Crippen LogP contribution in [0.15, 0.2) is 60.7 Å². The number of hydrogen-bond acceptors (Lipinski definition) is 0. The van der Waals surface area contributed by atoms with Crippen LogP contribution in [0.3, 0.4) is 0 Å². The molecule has 0 aliphatic heterocycles. The van der Waals surface area contributed by atoms with Crippen molar-refractivity contribution in [3.8, 4) is 0 Å². The van der Waals surface area contributed by atoms with Crippen LogP contribution in [0.25, 0.3) is 0 Å². The third kappa shape index (κ3) is 2.43. The van der Waals surface area contributed by atoms with Gasteiger partial charge in [-0.1, -0.05) is 0 Å². The Morgan fingerprint density at radius 1 is 0.733 bits per heavy atom. The first-order valence-electron chi connectivity index (χ1n) is 5.32. The van der Waals surface area contributed by atoms with Gasteiger partial charge in [0, 0.05) is 0 Å². The Bertz CT molecular complexity index is 381. The molecule has 15 heavy (non-hydrogen) atoms. The molecule has 2 aromatic rings. The molecule has 0 atom stereocenters. The van der Waals surface area contributed by atoms with Gasteiger partial charge >= 0.3 is 109 Å². The molecule has 0 nitrogen and oxygen atoms in total. The first kappa shape index (κ1) is 11.2. The quantitative estimate of drug-likeness (QED) is 0.674.